The first kappa shape index (κ1) is 17.8. The van der Waals surface area contributed by atoms with Crippen molar-refractivity contribution in [3.05, 3.63) is 54.1 Å². The third kappa shape index (κ3) is 3.79. The maximum atomic E-state index is 12.5. The number of carbonyl (C=O) groups is 2. The van der Waals surface area contributed by atoms with E-state index in [9.17, 15) is 9.59 Å². The second kappa shape index (κ2) is 7.47. The zero-order valence-corrected chi connectivity index (χ0v) is 15.4. The number of nitrogens with one attached hydrogen (secondary N) is 1. The van der Waals surface area contributed by atoms with Crippen LogP contribution in [0, 0.1) is 0 Å². The molecule has 1 saturated heterocycles. The van der Waals surface area contributed by atoms with Crippen molar-refractivity contribution in [2.75, 3.05) is 49.3 Å². The fraction of sp³-hybridized carbons (Fsp3) is 0.300. The van der Waals surface area contributed by atoms with Crippen molar-refractivity contribution in [2.24, 2.45) is 0 Å². The normalized spacial score (nSPS) is 14.3. The number of anilines is 3. The van der Waals surface area contributed by atoms with Crippen LogP contribution < -0.4 is 15.1 Å². The number of urea groups is 1. The first-order chi connectivity index (χ1) is 12.5. The lowest BCUT2D eigenvalue weighted by Crippen LogP contribution is -2.47. The maximum absolute atomic E-state index is 12.5. The molecule has 0 saturated carbocycles. The fourth-order valence-corrected chi connectivity index (χ4v) is 2.96. The summed E-state index contributed by atoms with van der Waals surface area (Å²) in [5.74, 6) is -0.157. The third-order valence-corrected chi connectivity index (χ3v) is 4.49. The highest BCUT2D eigenvalue weighted by Gasteiger charge is 2.23. The van der Waals surface area contributed by atoms with E-state index in [-0.39, 0.29) is 11.9 Å². The molecule has 0 atom stereocenters. The van der Waals surface area contributed by atoms with Gasteiger partial charge in [0, 0.05) is 56.9 Å². The molecule has 1 heterocycles. The summed E-state index contributed by atoms with van der Waals surface area (Å²) in [5.41, 5.74) is 3.12. The predicted octanol–water partition coefficient (Wildman–Crippen LogP) is 3.27. The number of amides is 3. The predicted molar refractivity (Wildman–Crippen MR) is 105 cm³/mol. The van der Waals surface area contributed by atoms with Crippen molar-refractivity contribution >= 4 is 29.0 Å². The Hall–Kier alpha value is -3.02. The molecule has 2 aromatic rings. The molecule has 1 aliphatic heterocycles. The summed E-state index contributed by atoms with van der Waals surface area (Å²) in [5, 5.41) is 2.90. The Morgan fingerprint density at radius 2 is 1.81 bits per heavy atom. The molecule has 26 heavy (non-hydrogen) atoms. The minimum atomic E-state index is -0.157. The molecular formula is C20H24N4O2. The van der Waals surface area contributed by atoms with Crippen molar-refractivity contribution < 1.29 is 9.59 Å². The van der Waals surface area contributed by atoms with Gasteiger partial charge in [-0.05, 0) is 48.9 Å². The second-order valence-electron chi connectivity index (χ2n) is 6.66. The van der Waals surface area contributed by atoms with Crippen LogP contribution in [0.15, 0.2) is 48.5 Å². The Morgan fingerprint density at radius 1 is 1.08 bits per heavy atom. The van der Waals surface area contributed by atoms with Crippen LogP contribution in [0.3, 0.4) is 0 Å². The van der Waals surface area contributed by atoms with Crippen LogP contribution >= 0.6 is 0 Å². The van der Waals surface area contributed by atoms with Crippen molar-refractivity contribution in [3.8, 4) is 0 Å². The first-order valence-corrected chi connectivity index (χ1v) is 8.67. The number of nitrogens with zero attached hydrogens (tertiary/aromatic N) is 3. The van der Waals surface area contributed by atoms with Crippen molar-refractivity contribution in [3.63, 3.8) is 0 Å². The van der Waals surface area contributed by atoms with Crippen LogP contribution in [0.25, 0.3) is 0 Å². The molecule has 2 aromatic carbocycles. The molecule has 0 unspecified atom stereocenters. The van der Waals surface area contributed by atoms with E-state index >= 15 is 0 Å². The fourth-order valence-electron chi connectivity index (χ4n) is 2.96. The number of benzene rings is 2. The monoisotopic (exact) mass is 352 g/mol. The Balaban J connectivity index is 1.70. The summed E-state index contributed by atoms with van der Waals surface area (Å²) in [4.78, 5) is 30.1. The van der Waals surface area contributed by atoms with Gasteiger partial charge in [0.15, 0.2) is 0 Å². The van der Waals surface area contributed by atoms with Gasteiger partial charge in [0.05, 0.1) is 0 Å². The van der Waals surface area contributed by atoms with Crippen molar-refractivity contribution in [1.29, 1.82) is 0 Å². The molecule has 3 amide bonds. The molecule has 0 radical (unpaired) electrons. The van der Waals surface area contributed by atoms with Crippen molar-refractivity contribution in [2.45, 2.75) is 6.42 Å². The molecule has 3 rings (SSSR count). The molecule has 0 bridgehead atoms. The molecule has 0 aliphatic carbocycles. The summed E-state index contributed by atoms with van der Waals surface area (Å²) in [6.45, 7) is 1.50. The second-order valence-corrected chi connectivity index (χ2v) is 6.66. The van der Waals surface area contributed by atoms with Gasteiger partial charge in [-0.25, -0.2) is 4.79 Å². The van der Waals surface area contributed by atoms with Crippen LogP contribution in [0.2, 0.25) is 0 Å². The number of hydrogen-bond acceptors (Lipinski definition) is 3. The molecule has 0 spiro atoms. The summed E-state index contributed by atoms with van der Waals surface area (Å²) in [7, 11) is 5.69. The van der Waals surface area contributed by atoms with Gasteiger partial charge in [0.1, 0.15) is 0 Å². The van der Waals surface area contributed by atoms with Gasteiger partial charge in [-0.15, -0.1) is 0 Å². The first-order valence-electron chi connectivity index (χ1n) is 8.67. The lowest BCUT2D eigenvalue weighted by Gasteiger charge is -2.33. The Bertz CT molecular complexity index is 802. The van der Waals surface area contributed by atoms with Crippen molar-refractivity contribution in [1.82, 2.24) is 4.90 Å². The molecule has 1 fully saturated rings. The van der Waals surface area contributed by atoms with E-state index in [1.54, 1.807) is 15.9 Å². The Kier molecular flexibility index (Phi) is 5.11. The highest BCUT2D eigenvalue weighted by Crippen LogP contribution is 2.22. The molecule has 0 aromatic heterocycles. The lowest BCUT2D eigenvalue weighted by atomic mass is 10.1. The van der Waals surface area contributed by atoms with Gasteiger partial charge >= 0.3 is 6.03 Å². The van der Waals surface area contributed by atoms with Crippen LogP contribution in [-0.2, 0) is 0 Å². The average molecular weight is 352 g/mol. The zero-order chi connectivity index (χ0) is 18.7. The molecule has 6 heteroatoms. The molecule has 6 nitrogen and oxygen atoms in total. The average Bonchev–Trinajstić information content (AvgIpc) is 2.65. The van der Waals surface area contributed by atoms with Crippen LogP contribution in [-0.4, -0.2) is 51.1 Å². The minimum Gasteiger partial charge on any atom is -0.378 e. The highest BCUT2D eigenvalue weighted by atomic mass is 16.2. The van der Waals surface area contributed by atoms with Gasteiger partial charge in [0.25, 0.3) is 5.91 Å². The number of hydrogen-bond donors (Lipinski definition) is 1. The van der Waals surface area contributed by atoms with E-state index < -0.39 is 0 Å². The maximum Gasteiger partial charge on any atom is 0.324 e. The minimum absolute atomic E-state index is 0.00790. The molecular weight excluding hydrogens is 328 g/mol. The van der Waals surface area contributed by atoms with Crippen LogP contribution in [0.4, 0.5) is 21.9 Å². The summed E-state index contributed by atoms with van der Waals surface area (Å²) in [6, 6.07) is 14.9. The Labute approximate surface area is 154 Å². The van der Waals surface area contributed by atoms with E-state index in [2.05, 4.69) is 5.32 Å². The standard InChI is InChI=1S/C20H24N4O2/c1-22(2)18-7-4-6-15(14-18)19(25)21-16-8-10-17(11-9-16)24-13-5-12-23(3)20(24)26/h4,6-11,14H,5,12-13H2,1-3H3,(H,21,25). The topological polar surface area (TPSA) is 55.9 Å². The van der Waals surface area contributed by atoms with E-state index in [1.165, 1.54) is 0 Å². The van der Waals surface area contributed by atoms with Crippen LogP contribution in [0.1, 0.15) is 16.8 Å². The number of rotatable bonds is 4. The van der Waals surface area contributed by atoms with E-state index in [4.69, 9.17) is 0 Å². The third-order valence-electron chi connectivity index (χ3n) is 4.49. The largest absolute Gasteiger partial charge is 0.378 e. The van der Waals surface area contributed by atoms with Crippen LogP contribution in [0.5, 0.6) is 0 Å². The quantitative estimate of drug-likeness (QED) is 0.919. The van der Waals surface area contributed by atoms with Gasteiger partial charge in [-0.3, -0.25) is 9.69 Å². The number of carbonyl (C=O) groups excluding carboxylic acids is 2. The van der Waals surface area contributed by atoms with Gasteiger partial charge in [-0.1, -0.05) is 6.07 Å². The van der Waals surface area contributed by atoms with Gasteiger partial charge < -0.3 is 15.1 Å². The summed E-state index contributed by atoms with van der Waals surface area (Å²) < 4.78 is 0. The smallest absolute Gasteiger partial charge is 0.324 e. The molecule has 1 aliphatic rings. The molecule has 1 N–H and O–H groups in total. The highest BCUT2D eigenvalue weighted by molar-refractivity contribution is 6.05. The molecule has 136 valence electrons. The van der Waals surface area contributed by atoms with E-state index in [0.717, 1.165) is 24.3 Å². The van der Waals surface area contributed by atoms with Gasteiger partial charge in [0.2, 0.25) is 0 Å². The summed E-state index contributed by atoms with van der Waals surface area (Å²) >= 11 is 0. The van der Waals surface area contributed by atoms with Gasteiger partial charge in [-0.2, -0.15) is 0 Å². The van der Waals surface area contributed by atoms with E-state index in [0.29, 0.717) is 17.8 Å². The van der Waals surface area contributed by atoms with E-state index in [1.807, 2.05) is 68.5 Å². The summed E-state index contributed by atoms with van der Waals surface area (Å²) in [6.07, 6.45) is 0.947. The zero-order valence-electron chi connectivity index (χ0n) is 15.4. The Morgan fingerprint density at radius 3 is 2.50 bits per heavy atom. The SMILES string of the molecule is CN1CCCN(c2ccc(NC(=O)c3cccc(N(C)C)c3)cc2)C1=O. The lowest BCUT2D eigenvalue weighted by molar-refractivity contribution is 0.102.